The molecule has 0 fully saturated rings. The first kappa shape index (κ1) is 23.2. The van der Waals surface area contributed by atoms with Crippen LogP contribution >= 0.6 is 0 Å². The molecular formula is C24H28N4O4. The van der Waals surface area contributed by atoms with Crippen LogP contribution in [0, 0.1) is 17.8 Å². The quantitative estimate of drug-likeness (QED) is 0.731. The van der Waals surface area contributed by atoms with E-state index < -0.39 is 0 Å². The van der Waals surface area contributed by atoms with E-state index in [0.717, 1.165) is 5.56 Å². The van der Waals surface area contributed by atoms with Gasteiger partial charge in [0.15, 0.2) is 0 Å². The summed E-state index contributed by atoms with van der Waals surface area (Å²) in [5, 5.41) is 9.73. The number of pyridine rings is 2. The molecule has 0 aromatic carbocycles. The molecule has 0 bridgehead atoms. The number of ether oxygens (including phenoxy) is 1. The second kappa shape index (κ2) is 10.2. The fourth-order valence-corrected chi connectivity index (χ4v) is 3.37. The normalized spacial score (nSPS) is 18.9. The van der Waals surface area contributed by atoms with Gasteiger partial charge in [-0.25, -0.2) is 4.98 Å². The smallest absolute Gasteiger partial charge is 0.259 e. The third-order valence-corrected chi connectivity index (χ3v) is 5.54. The summed E-state index contributed by atoms with van der Waals surface area (Å²) in [6.45, 7) is 5.82. The minimum absolute atomic E-state index is 0.0746. The van der Waals surface area contributed by atoms with Crippen molar-refractivity contribution in [2.75, 3.05) is 26.7 Å². The van der Waals surface area contributed by atoms with Crippen molar-refractivity contribution in [3.05, 3.63) is 53.5 Å². The van der Waals surface area contributed by atoms with E-state index in [9.17, 15) is 14.7 Å². The Hall–Kier alpha value is -3.44. The SMILES string of the molecule is CC(=O)N(C)C[C@H]1Oc2ncc(C#Cc3ccncc3)cc2C(=O)N([C@@H](C)CO)C[C@H]1C. The van der Waals surface area contributed by atoms with E-state index in [1.165, 1.54) is 6.92 Å². The van der Waals surface area contributed by atoms with Crippen LogP contribution < -0.4 is 4.74 Å². The van der Waals surface area contributed by atoms with E-state index in [4.69, 9.17) is 4.74 Å². The molecular weight excluding hydrogens is 408 g/mol. The van der Waals surface area contributed by atoms with Crippen molar-refractivity contribution < 1.29 is 19.4 Å². The summed E-state index contributed by atoms with van der Waals surface area (Å²) >= 11 is 0. The van der Waals surface area contributed by atoms with Gasteiger partial charge in [-0.05, 0) is 25.1 Å². The Morgan fingerprint density at radius 3 is 2.69 bits per heavy atom. The molecule has 2 amide bonds. The molecule has 1 N–H and O–H groups in total. The molecule has 0 saturated carbocycles. The van der Waals surface area contributed by atoms with Gasteiger partial charge >= 0.3 is 0 Å². The van der Waals surface area contributed by atoms with E-state index in [0.29, 0.717) is 18.7 Å². The third kappa shape index (κ3) is 5.42. The van der Waals surface area contributed by atoms with Crippen LogP contribution in [0.2, 0.25) is 0 Å². The molecule has 0 spiro atoms. The zero-order valence-corrected chi connectivity index (χ0v) is 18.8. The summed E-state index contributed by atoms with van der Waals surface area (Å²) in [6, 6.07) is 4.88. The first-order valence-corrected chi connectivity index (χ1v) is 10.5. The van der Waals surface area contributed by atoms with Gasteiger partial charge in [0.2, 0.25) is 11.8 Å². The van der Waals surface area contributed by atoms with Gasteiger partial charge in [0, 0.05) is 56.2 Å². The van der Waals surface area contributed by atoms with Crippen LogP contribution in [-0.2, 0) is 4.79 Å². The van der Waals surface area contributed by atoms with Crippen LogP contribution in [0.4, 0.5) is 0 Å². The zero-order valence-electron chi connectivity index (χ0n) is 18.8. The van der Waals surface area contributed by atoms with Crippen molar-refractivity contribution in [2.24, 2.45) is 5.92 Å². The highest BCUT2D eigenvalue weighted by Gasteiger charge is 2.34. The Balaban J connectivity index is 2.00. The molecule has 1 aliphatic heterocycles. The number of hydrogen-bond donors (Lipinski definition) is 1. The molecule has 3 atom stereocenters. The lowest BCUT2D eigenvalue weighted by Crippen LogP contribution is -2.50. The van der Waals surface area contributed by atoms with Crippen LogP contribution in [0.15, 0.2) is 36.8 Å². The Morgan fingerprint density at radius 1 is 1.34 bits per heavy atom. The lowest BCUT2D eigenvalue weighted by atomic mass is 10.00. The summed E-state index contributed by atoms with van der Waals surface area (Å²) < 4.78 is 6.15. The molecule has 3 rings (SSSR count). The Bertz CT molecular complexity index is 1030. The number of carbonyl (C=O) groups excluding carboxylic acids is 2. The predicted molar refractivity (Wildman–Crippen MR) is 119 cm³/mol. The van der Waals surface area contributed by atoms with Gasteiger partial charge in [-0.2, -0.15) is 0 Å². The van der Waals surface area contributed by atoms with Gasteiger partial charge in [0.25, 0.3) is 5.91 Å². The molecule has 0 unspecified atom stereocenters. The van der Waals surface area contributed by atoms with Gasteiger partial charge in [-0.1, -0.05) is 18.8 Å². The van der Waals surface area contributed by atoms with Crippen molar-refractivity contribution in [3.63, 3.8) is 0 Å². The maximum absolute atomic E-state index is 13.4. The number of likely N-dealkylation sites (N-methyl/N-ethyl adjacent to an activating group) is 1. The minimum Gasteiger partial charge on any atom is -0.472 e. The highest BCUT2D eigenvalue weighted by atomic mass is 16.5. The number of aliphatic hydroxyl groups is 1. The summed E-state index contributed by atoms with van der Waals surface area (Å²) in [6.07, 6.45) is 4.52. The zero-order chi connectivity index (χ0) is 23.3. The standard InChI is InChI=1S/C24H28N4O4/c1-16-13-28(17(2)15-29)24(31)21-11-20(6-5-19-7-9-25-10-8-19)12-26-23(21)32-22(16)14-27(4)18(3)30/h7-12,16-17,22,29H,13-15H2,1-4H3/t16-,17+,22-/m1/s1. The van der Waals surface area contributed by atoms with Crippen LogP contribution in [0.1, 0.15) is 42.3 Å². The van der Waals surface area contributed by atoms with Crippen LogP contribution in [0.25, 0.3) is 0 Å². The number of aliphatic hydroxyl groups excluding tert-OH is 1. The molecule has 168 valence electrons. The maximum atomic E-state index is 13.4. The molecule has 8 heteroatoms. The van der Waals surface area contributed by atoms with E-state index in [2.05, 4.69) is 21.8 Å². The van der Waals surface area contributed by atoms with Gasteiger partial charge in [-0.3, -0.25) is 14.6 Å². The highest BCUT2D eigenvalue weighted by molar-refractivity contribution is 5.97. The second-order valence-corrected chi connectivity index (χ2v) is 8.08. The molecule has 2 aromatic rings. The number of fused-ring (bicyclic) bond motifs is 1. The molecule has 3 heterocycles. The summed E-state index contributed by atoms with van der Waals surface area (Å²) in [5.74, 6) is 5.82. The van der Waals surface area contributed by atoms with Crippen molar-refractivity contribution in [1.29, 1.82) is 0 Å². The van der Waals surface area contributed by atoms with Crippen molar-refractivity contribution in [2.45, 2.75) is 32.9 Å². The van der Waals surface area contributed by atoms with Crippen LogP contribution in [0.3, 0.4) is 0 Å². The van der Waals surface area contributed by atoms with Gasteiger partial charge in [0.1, 0.15) is 11.7 Å². The lowest BCUT2D eigenvalue weighted by Gasteiger charge is -2.37. The molecule has 1 aliphatic rings. The second-order valence-electron chi connectivity index (χ2n) is 8.08. The van der Waals surface area contributed by atoms with Gasteiger partial charge in [0.05, 0.1) is 19.2 Å². The number of carbonyl (C=O) groups is 2. The molecule has 8 nitrogen and oxygen atoms in total. The number of aromatic nitrogens is 2. The Kier molecular flexibility index (Phi) is 7.44. The highest BCUT2D eigenvalue weighted by Crippen LogP contribution is 2.27. The van der Waals surface area contributed by atoms with Crippen molar-refractivity contribution >= 4 is 11.8 Å². The number of hydrogen-bond acceptors (Lipinski definition) is 6. The monoisotopic (exact) mass is 436 g/mol. The minimum atomic E-state index is -0.381. The van der Waals surface area contributed by atoms with Crippen molar-refractivity contribution in [3.8, 4) is 17.7 Å². The predicted octanol–water partition coefficient (Wildman–Crippen LogP) is 1.57. The topological polar surface area (TPSA) is 95.9 Å². The third-order valence-electron chi connectivity index (χ3n) is 5.54. The van der Waals surface area contributed by atoms with Gasteiger partial charge in [-0.15, -0.1) is 0 Å². The summed E-state index contributed by atoms with van der Waals surface area (Å²) in [4.78, 5) is 36.7. The Labute approximate surface area is 188 Å². The number of nitrogens with zero attached hydrogens (tertiary/aromatic N) is 4. The lowest BCUT2D eigenvalue weighted by molar-refractivity contribution is -0.129. The molecule has 32 heavy (non-hydrogen) atoms. The van der Waals surface area contributed by atoms with Crippen LogP contribution in [0.5, 0.6) is 5.88 Å². The number of amides is 2. The fourth-order valence-electron chi connectivity index (χ4n) is 3.37. The molecule has 0 aliphatic carbocycles. The van der Waals surface area contributed by atoms with Gasteiger partial charge < -0.3 is 19.6 Å². The number of rotatable bonds is 4. The van der Waals surface area contributed by atoms with E-state index in [1.807, 2.05) is 6.92 Å². The first-order valence-electron chi connectivity index (χ1n) is 10.5. The van der Waals surface area contributed by atoms with E-state index in [1.54, 1.807) is 60.6 Å². The van der Waals surface area contributed by atoms with Crippen molar-refractivity contribution in [1.82, 2.24) is 19.8 Å². The molecule has 2 aromatic heterocycles. The summed E-state index contributed by atoms with van der Waals surface area (Å²) in [5.41, 5.74) is 1.65. The molecule has 0 radical (unpaired) electrons. The van der Waals surface area contributed by atoms with Crippen LogP contribution in [-0.4, -0.2) is 75.6 Å². The largest absolute Gasteiger partial charge is 0.472 e. The Morgan fingerprint density at radius 2 is 2.03 bits per heavy atom. The first-order chi connectivity index (χ1) is 15.3. The average Bonchev–Trinajstić information content (AvgIpc) is 2.80. The fraction of sp³-hybridized carbons (Fsp3) is 0.417. The summed E-state index contributed by atoms with van der Waals surface area (Å²) in [7, 11) is 1.71. The average molecular weight is 437 g/mol. The van der Waals surface area contributed by atoms with E-state index in [-0.39, 0.29) is 47.9 Å². The molecule has 0 saturated heterocycles. The van der Waals surface area contributed by atoms with E-state index >= 15 is 0 Å². The maximum Gasteiger partial charge on any atom is 0.259 e.